The number of aromatic nitrogens is 3. The molecule has 1 saturated carbocycles. The molecule has 0 radical (unpaired) electrons. The van der Waals surface area contributed by atoms with Gasteiger partial charge in [0.15, 0.2) is 0 Å². The van der Waals surface area contributed by atoms with E-state index in [9.17, 15) is 4.79 Å². The van der Waals surface area contributed by atoms with Crippen LogP contribution in [0.15, 0.2) is 42.9 Å². The van der Waals surface area contributed by atoms with Gasteiger partial charge in [0.2, 0.25) is 5.91 Å². The van der Waals surface area contributed by atoms with Crippen LogP contribution in [0.2, 0.25) is 0 Å². The predicted octanol–water partition coefficient (Wildman–Crippen LogP) is 2.45. The third-order valence-corrected chi connectivity index (χ3v) is 5.48. The van der Waals surface area contributed by atoms with Crippen molar-refractivity contribution in [3.05, 3.63) is 48.4 Å². The van der Waals surface area contributed by atoms with Crippen molar-refractivity contribution >= 4 is 22.6 Å². The number of pyridine rings is 3. The lowest BCUT2D eigenvalue weighted by Gasteiger charge is -2.27. The number of piperazine rings is 1. The summed E-state index contributed by atoms with van der Waals surface area (Å²) in [7, 11) is 0. The summed E-state index contributed by atoms with van der Waals surface area (Å²) in [5, 5.41) is 7.23. The molecule has 1 amide bonds. The summed E-state index contributed by atoms with van der Waals surface area (Å²) in [6.45, 7) is 5.08. The molecule has 2 fully saturated rings. The second kappa shape index (κ2) is 7.85. The first-order valence-corrected chi connectivity index (χ1v) is 10.2. The van der Waals surface area contributed by atoms with Crippen LogP contribution in [0.5, 0.6) is 0 Å². The zero-order valence-corrected chi connectivity index (χ0v) is 16.3. The molecule has 0 aromatic carbocycles. The molecule has 29 heavy (non-hydrogen) atoms. The maximum Gasteiger partial charge on any atom is 0.228 e. The molecule has 5 rings (SSSR count). The Labute approximate surface area is 169 Å². The summed E-state index contributed by atoms with van der Waals surface area (Å²) < 4.78 is 0. The third-order valence-electron chi connectivity index (χ3n) is 5.48. The van der Waals surface area contributed by atoms with E-state index >= 15 is 0 Å². The van der Waals surface area contributed by atoms with E-state index in [1.165, 1.54) is 5.56 Å². The van der Waals surface area contributed by atoms with Gasteiger partial charge < -0.3 is 10.6 Å². The lowest BCUT2D eigenvalue weighted by Crippen LogP contribution is -2.42. The van der Waals surface area contributed by atoms with E-state index in [1.54, 1.807) is 6.20 Å². The maximum atomic E-state index is 12.0. The number of hydrogen-bond donors (Lipinski definition) is 2. The van der Waals surface area contributed by atoms with E-state index in [4.69, 9.17) is 4.98 Å². The second-order valence-corrected chi connectivity index (χ2v) is 7.83. The molecule has 7 nitrogen and oxygen atoms in total. The van der Waals surface area contributed by atoms with Gasteiger partial charge in [-0.2, -0.15) is 0 Å². The fourth-order valence-corrected chi connectivity index (χ4v) is 3.66. The van der Waals surface area contributed by atoms with Crippen LogP contribution in [0.25, 0.3) is 22.2 Å². The summed E-state index contributed by atoms with van der Waals surface area (Å²) in [4.78, 5) is 28.0. The van der Waals surface area contributed by atoms with Crippen LogP contribution in [0.1, 0.15) is 18.4 Å². The average molecular weight is 388 g/mol. The molecule has 0 unspecified atom stereocenters. The Morgan fingerprint density at radius 2 is 2.00 bits per heavy atom. The van der Waals surface area contributed by atoms with Crippen LogP contribution < -0.4 is 10.6 Å². The molecule has 2 aliphatic rings. The van der Waals surface area contributed by atoms with E-state index in [0.717, 1.165) is 67.7 Å². The van der Waals surface area contributed by atoms with Gasteiger partial charge in [0, 0.05) is 74.2 Å². The smallest absolute Gasteiger partial charge is 0.228 e. The molecule has 2 N–H and O–H groups in total. The molecule has 0 bridgehead atoms. The van der Waals surface area contributed by atoms with Crippen LogP contribution in [0.3, 0.4) is 0 Å². The molecule has 1 aliphatic carbocycles. The van der Waals surface area contributed by atoms with Gasteiger partial charge in [-0.3, -0.25) is 14.7 Å². The minimum atomic E-state index is 0.0535. The molecule has 7 heteroatoms. The topological polar surface area (TPSA) is 83.0 Å². The molecule has 4 heterocycles. The number of nitrogens with one attached hydrogen (secondary N) is 2. The van der Waals surface area contributed by atoms with E-state index in [0.29, 0.717) is 5.82 Å². The summed E-state index contributed by atoms with van der Waals surface area (Å²) in [6, 6.07) is 8.02. The number of carbonyl (C=O) groups excluding carboxylic acids is 1. The summed E-state index contributed by atoms with van der Waals surface area (Å²) in [5.41, 5.74) is 3.88. The van der Waals surface area contributed by atoms with Gasteiger partial charge >= 0.3 is 0 Å². The average Bonchev–Trinajstić information content (AvgIpc) is 3.60. The number of anilines is 1. The number of rotatable bonds is 5. The summed E-state index contributed by atoms with van der Waals surface area (Å²) in [5.74, 6) is 0.763. The molecule has 3 aromatic heterocycles. The van der Waals surface area contributed by atoms with Crippen molar-refractivity contribution in [2.24, 2.45) is 5.92 Å². The van der Waals surface area contributed by atoms with Gasteiger partial charge in [0.1, 0.15) is 5.82 Å². The Hall–Kier alpha value is -2.90. The minimum Gasteiger partial charge on any atom is -0.314 e. The van der Waals surface area contributed by atoms with Crippen molar-refractivity contribution in [3.8, 4) is 11.3 Å². The van der Waals surface area contributed by atoms with Crippen molar-refractivity contribution in [1.82, 2.24) is 25.2 Å². The van der Waals surface area contributed by atoms with Crippen molar-refractivity contribution in [2.45, 2.75) is 19.4 Å². The Morgan fingerprint density at radius 1 is 1.14 bits per heavy atom. The van der Waals surface area contributed by atoms with Gasteiger partial charge in [0.05, 0.1) is 11.2 Å². The van der Waals surface area contributed by atoms with Crippen molar-refractivity contribution in [3.63, 3.8) is 0 Å². The maximum absolute atomic E-state index is 12.0. The Kier molecular flexibility index (Phi) is 4.91. The SMILES string of the molecule is O=C(Nc1cc2nc(-c3cncc(CN4CCNCC4)c3)ccc2cn1)C1CC1. The van der Waals surface area contributed by atoms with E-state index < -0.39 is 0 Å². The lowest BCUT2D eigenvalue weighted by atomic mass is 10.1. The normalized spacial score (nSPS) is 17.4. The highest BCUT2D eigenvalue weighted by molar-refractivity contribution is 5.94. The van der Waals surface area contributed by atoms with Crippen molar-refractivity contribution in [2.75, 3.05) is 31.5 Å². The van der Waals surface area contributed by atoms with Crippen LogP contribution in [-0.2, 0) is 11.3 Å². The molecule has 0 spiro atoms. The van der Waals surface area contributed by atoms with Crippen molar-refractivity contribution in [1.29, 1.82) is 0 Å². The molecule has 1 aliphatic heterocycles. The minimum absolute atomic E-state index is 0.0535. The van der Waals surface area contributed by atoms with Gasteiger partial charge in [0.25, 0.3) is 0 Å². The highest BCUT2D eigenvalue weighted by Crippen LogP contribution is 2.30. The Morgan fingerprint density at radius 3 is 2.83 bits per heavy atom. The molecular formula is C22H24N6O. The number of hydrogen-bond acceptors (Lipinski definition) is 6. The van der Waals surface area contributed by atoms with Gasteiger partial charge in [-0.25, -0.2) is 9.97 Å². The number of amides is 1. The molecule has 148 valence electrons. The number of nitrogens with zero attached hydrogens (tertiary/aromatic N) is 4. The first-order chi connectivity index (χ1) is 14.2. The first kappa shape index (κ1) is 18.1. The fraction of sp³-hybridized carbons (Fsp3) is 0.364. The monoisotopic (exact) mass is 388 g/mol. The molecule has 3 aromatic rings. The number of carbonyl (C=O) groups is 1. The fourth-order valence-electron chi connectivity index (χ4n) is 3.66. The quantitative estimate of drug-likeness (QED) is 0.699. The second-order valence-electron chi connectivity index (χ2n) is 7.83. The van der Waals surface area contributed by atoms with Gasteiger partial charge in [-0.05, 0) is 36.6 Å². The summed E-state index contributed by atoms with van der Waals surface area (Å²) in [6.07, 6.45) is 7.49. The highest BCUT2D eigenvalue weighted by atomic mass is 16.2. The Balaban J connectivity index is 1.38. The predicted molar refractivity (Wildman–Crippen MR) is 112 cm³/mol. The molecular weight excluding hydrogens is 364 g/mol. The zero-order valence-electron chi connectivity index (χ0n) is 16.3. The highest BCUT2D eigenvalue weighted by Gasteiger charge is 2.29. The number of fused-ring (bicyclic) bond motifs is 1. The van der Waals surface area contributed by atoms with E-state index in [2.05, 4.69) is 31.6 Å². The van der Waals surface area contributed by atoms with Gasteiger partial charge in [-0.15, -0.1) is 0 Å². The van der Waals surface area contributed by atoms with Gasteiger partial charge in [-0.1, -0.05) is 0 Å². The zero-order chi connectivity index (χ0) is 19.6. The van der Waals surface area contributed by atoms with E-state index in [1.807, 2.05) is 30.6 Å². The van der Waals surface area contributed by atoms with Crippen LogP contribution in [-0.4, -0.2) is 51.9 Å². The van der Waals surface area contributed by atoms with Crippen LogP contribution in [0, 0.1) is 5.92 Å². The first-order valence-electron chi connectivity index (χ1n) is 10.2. The molecule has 1 saturated heterocycles. The van der Waals surface area contributed by atoms with Crippen LogP contribution in [0.4, 0.5) is 5.82 Å². The Bertz CT molecular complexity index is 1040. The van der Waals surface area contributed by atoms with E-state index in [-0.39, 0.29) is 11.8 Å². The third kappa shape index (κ3) is 4.26. The lowest BCUT2D eigenvalue weighted by molar-refractivity contribution is -0.117. The summed E-state index contributed by atoms with van der Waals surface area (Å²) >= 11 is 0. The van der Waals surface area contributed by atoms with Crippen LogP contribution >= 0.6 is 0 Å². The molecule has 0 atom stereocenters. The largest absolute Gasteiger partial charge is 0.314 e. The standard InChI is InChI=1S/C22H24N6O/c29-22(16-1-2-16)27-21-10-20-17(13-25-21)3-4-19(26-20)18-9-15(11-24-12-18)14-28-7-5-23-6-8-28/h3-4,9-13,16,23H,1-2,5-8,14H2,(H,25,27,29). The van der Waals surface area contributed by atoms with Crippen molar-refractivity contribution < 1.29 is 4.79 Å².